The fourth-order valence-electron chi connectivity index (χ4n) is 2.25. The Bertz CT molecular complexity index is 836. The van der Waals surface area contributed by atoms with Gasteiger partial charge in [0.05, 0.1) is 10.7 Å². The zero-order valence-electron chi connectivity index (χ0n) is 12.8. The molecule has 2 aromatic carbocycles. The Morgan fingerprint density at radius 1 is 1.17 bits per heavy atom. The van der Waals surface area contributed by atoms with E-state index in [4.69, 9.17) is 12.2 Å². The Morgan fingerprint density at radius 2 is 1.96 bits per heavy atom. The summed E-state index contributed by atoms with van der Waals surface area (Å²) in [6, 6.07) is 16.2. The van der Waals surface area contributed by atoms with Gasteiger partial charge in [-0.3, -0.25) is 0 Å². The summed E-state index contributed by atoms with van der Waals surface area (Å²) in [5.41, 5.74) is 4.77. The number of para-hydroxylation sites is 1. The van der Waals surface area contributed by atoms with Crippen molar-refractivity contribution < 1.29 is 0 Å². The van der Waals surface area contributed by atoms with Gasteiger partial charge in [0.1, 0.15) is 16.6 Å². The molecular weight excluding hydrogens is 322 g/mol. The molecule has 0 unspecified atom stereocenters. The molecule has 3 nitrogen and oxygen atoms in total. The Kier molecular flexibility index (Phi) is 4.37. The van der Waals surface area contributed by atoms with Crippen LogP contribution in [-0.2, 0) is 0 Å². The van der Waals surface area contributed by atoms with Gasteiger partial charge < -0.3 is 10.6 Å². The van der Waals surface area contributed by atoms with Crippen molar-refractivity contribution in [2.24, 2.45) is 0 Å². The molecule has 2 N–H and O–H groups in total. The van der Waals surface area contributed by atoms with Gasteiger partial charge in [0.25, 0.3) is 0 Å². The molecule has 0 atom stereocenters. The van der Waals surface area contributed by atoms with E-state index in [1.165, 1.54) is 22.9 Å². The van der Waals surface area contributed by atoms with Crippen LogP contribution in [0.4, 0.5) is 11.4 Å². The van der Waals surface area contributed by atoms with Crippen molar-refractivity contribution in [3.8, 4) is 6.07 Å². The van der Waals surface area contributed by atoms with Gasteiger partial charge in [-0.15, -0.1) is 0 Å². The first-order valence-electron chi connectivity index (χ1n) is 7.15. The molecule has 1 heterocycles. The summed E-state index contributed by atoms with van der Waals surface area (Å²) in [5.74, 6) is 0. The lowest BCUT2D eigenvalue weighted by atomic mass is 10.1. The summed E-state index contributed by atoms with van der Waals surface area (Å²) in [6.45, 7) is 4.12. The molecule has 0 fully saturated rings. The van der Waals surface area contributed by atoms with Crippen molar-refractivity contribution in [1.29, 1.82) is 5.26 Å². The molecule has 0 radical (unpaired) electrons. The van der Waals surface area contributed by atoms with Crippen LogP contribution in [0.3, 0.4) is 0 Å². The van der Waals surface area contributed by atoms with Crippen LogP contribution >= 0.6 is 24.0 Å². The highest BCUT2D eigenvalue weighted by atomic mass is 32.2. The van der Waals surface area contributed by atoms with Crippen LogP contribution in [0, 0.1) is 25.2 Å². The molecule has 1 aliphatic heterocycles. The summed E-state index contributed by atoms with van der Waals surface area (Å²) >= 11 is 6.97. The number of rotatable bonds is 2. The van der Waals surface area contributed by atoms with Crippen molar-refractivity contribution >= 4 is 40.3 Å². The Labute approximate surface area is 145 Å². The van der Waals surface area contributed by atoms with Crippen LogP contribution in [0.5, 0.6) is 0 Å². The van der Waals surface area contributed by atoms with Crippen LogP contribution in [0.15, 0.2) is 58.0 Å². The number of thioether (sulfide) groups is 1. The number of hydrogen-bond donors (Lipinski definition) is 2. The van der Waals surface area contributed by atoms with Gasteiger partial charge in [-0.1, -0.05) is 42.2 Å². The van der Waals surface area contributed by atoms with E-state index in [9.17, 15) is 5.26 Å². The Hall–Kier alpha value is -2.29. The standard InChI is InChI=1S/C18H15N3S2/c1-11-7-8-13(9-12(11)2)20-17(22)14(10-19)18-21-15-5-3-4-6-16(15)23-18/h3-9,21H,1-2H3,(H,20,22). The topological polar surface area (TPSA) is 47.9 Å². The highest BCUT2D eigenvalue weighted by Gasteiger charge is 2.21. The molecule has 0 bridgehead atoms. The molecule has 5 heteroatoms. The zero-order valence-corrected chi connectivity index (χ0v) is 14.4. The van der Waals surface area contributed by atoms with E-state index in [2.05, 4.69) is 30.6 Å². The Morgan fingerprint density at radius 3 is 2.65 bits per heavy atom. The first-order valence-corrected chi connectivity index (χ1v) is 8.38. The average molecular weight is 337 g/mol. The summed E-state index contributed by atoms with van der Waals surface area (Å²) < 4.78 is 0. The number of nitrogens with one attached hydrogen (secondary N) is 2. The molecule has 2 aromatic rings. The van der Waals surface area contributed by atoms with E-state index in [-0.39, 0.29) is 0 Å². The number of benzene rings is 2. The predicted octanol–water partition coefficient (Wildman–Crippen LogP) is 5.00. The molecular formula is C18H15N3S2. The molecule has 0 amide bonds. The lowest BCUT2D eigenvalue weighted by Gasteiger charge is -2.10. The molecule has 0 aromatic heterocycles. The number of hydrogen-bond acceptors (Lipinski definition) is 4. The van der Waals surface area contributed by atoms with E-state index in [1.54, 1.807) is 0 Å². The fourth-order valence-corrected chi connectivity index (χ4v) is 3.58. The lowest BCUT2D eigenvalue weighted by Crippen LogP contribution is -2.14. The van der Waals surface area contributed by atoms with Gasteiger partial charge in [0.2, 0.25) is 0 Å². The second kappa shape index (κ2) is 6.45. The molecule has 3 rings (SSSR count). The predicted molar refractivity (Wildman–Crippen MR) is 101 cm³/mol. The monoisotopic (exact) mass is 337 g/mol. The van der Waals surface area contributed by atoms with Crippen LogP contribution in [0.2, 0.25) is 0 Å². The zero-order chi connectivity index (χ0) is 16.4. The number of anilines is 2. The first kappa shape index (κ1) is 15.6. The third kappa shape index (κ3) is 3.24. The number of fused-ring (bicyclic) bond motifs is 1. The number of nitriles is 1. The third-order valence-corrected chi connectivity index (χ3v) is 5.07. The summed E-state index contributed by atoms with van der Waals surface area (Å²) in [7, 11) is 0. The Balaban J connectivity index is 1.84. The SMILES string of the molecule is Cc1ccc(NC(=S)C(C#N)=C2Nc3ccccc3S2)cc1C. The fraction of sp³-hybridized carbons (Fsp3) is 0.111. The van der Waals surface area contributed by atoms with E-state index in [0.29, 0.717) is 10.6 Å². The molecule has 0 saturated carbocycles. The highest BCUT2D eigenvalue weighted by Crippen LogP contribution is 2.42. The number of aryl methyl sites for hydroxylation is 2. The summed E-state index contributed by atoms with van der Waals surface area (Å²) in [6.07, 6.45) is 0. The van der Waals surface area contributed by atoms with E-state index >= 15 is 0 Å². The third-order valence-electron chi connectivity index (χ3n) is 3.68. The summed E-state index contributed by atoms with van der Waals surface area (Å²) in [4.78, 5) is 1.53. The minimum atomic E-state index is 0.429. The van der Waals surface area contributed by atoms with Gasteiger partial charge in [0.15, 0.2) is 0 Å². The average Bonchev–Trinajstić information content (AvgIpc) is 2.95. The number of nitrogens with zero attached hydrogens (tertiary/aromatic N) is 1. The van der Waals surface area contributed by atoms with Crippen LogP contribution in [-0.4, -0.2) is 4.99 Å². The van der Waals surface area contributed by atoms with Crippen LogP contribution in [0.1, 0.15) is 11.1 Å². The van der Waals surface area contributed by atoms with Crippen molar-refractivity contribution in [2.45, 2.75) is 18.7 Å². The minimum absolute atomic E-state index is 0.429. The van der Waals surface area contributed by atoms with E-state index in [1.807, 2.05) is 42.5 Å². The molecule has 114 valence electrons. The quantitative estimate of drug-likeness (QED) is 0.459. The maximum absolute atomic E-state index is 9.52. The first-order chi connectivity index (χ1) is 11.1. The normalized spacial score (nSPS) is 14.5. The molecule has 0 spiro atoms. The molecule has 0 aliphatic carbocycles. The van der Waals surface area contributed by atoms with Crippen LogP contribution in [0.25, 0.3) is 0 Å². The molecule has 23 heavy (non-hydrogen) atoms. The van der Waals surface area contributed by atoms with Crippen molar-refractivity contribution in [2.75, 3.05) is 10.6 Å². The lowest BCUT2D eigenvalue weighted by molar-refractivity contribution is 1.34. The molecule has 1 aliphatic rings. The molecule has 0 saturated heterocycles. The van der Waals surface area contributed by atoms with Gasteiger partial charge in [-0.25, -0.2) is 0 Å². The van der Waals surface area contributed by atoms with Crippen molar-refractivity contribution in [3.05, 3.63) is 64.2 Å². The maximum atomic E-state index is 9.52. The van der Waals surface area contributed by atoms with E-state index in [0.717, 1.165) is 21.3 Å². The van der Waals surface area contributed by atoms with Gasteiger partial charge in [0, 0.05) is 10.6 Å². The van der Waals surface area contributed by atoms with Gasteiger partial charge in [-0.2, -0.15) is 5.26 Å². The summed E-state index contributed by atoms with van der Waals surface area (Å²) in [5, 5.41) is 16.7. The van der Waals surface area contributed by atoms with E-state index < -0.39 is 0 Å². The smallest absolute Gasteiger partial charge is 0.124 e. The maximum Gasteiger partial charge on any atom is 0.124 e. The van der Waals surface area contributed by atoms with Gasteiger partial charge >= 0.3 is 0 Å². The largest absolute Gasteiger partial charge is 0.348 e. The van der Waals surface area contributed by atoms with Crippen molar-refractivity contribution in [3.63, 3.8) is 0 Å². The van der Waals surface area contributed by atoms with Crippen LogP contribution < -0.4 is 10.6 Å². The minimum Gasteiger partial charge on any atom is -0.348 e. The second-order valence-electron chi connectivity index (χ2n) is 5.29. The van der Waals surface area contributed by atoms with Gasteiger partial charge in [-0.05, 0) is 49.2 Å². The highest BCUT2D eigenvalue weighted by molar-refractivity contribution is 8.03. The number of thiocarbonyl (C=S) groups is 1. The van der Waals surface area contributed by atoms with Crippen molar-refractivity contribution in [1.82, 2.24) is 0 Å². The second-order valence-corrected chi connectivity index (χ2v) is 6.75.